The molecular weight excluding hydrogens is 298 g/mol. The van der Waals surface area contributed by atoms with E-state index in [1.807, 2.05) is 24.3 Å². The van der Waals surface area contributed by atoms with E-state index in [1.54, 1.807) is 11.3 Å². The molecule has 0 aliphatic heterocycles. The summed E-state index contributed by atoms with van der Waals surface area (Å²) in [4.78, 5) is 1.18. The van der Waals surface area contributed by atoms with E-state index in [2.05, 4.69) is 28.9 Å². The Morgan fingerprint density at radius 1 is 1.29 bits per heavy atom. The molecular formula is C13H14BrNOS. The van der Waals surface area contributed by atoms with E-state index in [0.29, 0.717) is 12.3 Å². The minimum absolute atomic E-state index is 0.561. The van der Waals surface area contributed by atoms with Crippen LogP contribution in [0.25, 0.3) is 0 Å². The van der Waals surface area contributed by atoms with Gasteiger partial charge in [0.25, 0.3) is 0 Å². The van der Waals surface area contributed by atoms with Crippen LogP contribution in [-0.4, -0.2) is 0 Å². The minimum atomic E-state index is 0.561. The molecule has 1 aromatic carbocycles. The molecule has 4 heteroatoms. The lowest BCUT2D eigenvalue weighted by molar-refractivity contribution is 0.311. The molecule has 0 unspecified atom stereocenters. The number of rotatable bonds is 4. The molecule has 0 atom stereocenters. The number of hydrogen-bond acceptors (Lipinski definition) is 3. The standard InChI is InChI=1S/C13H14BrNOS/c1-2-9-3-5-12(11(15)7-9)16-8-10-4-6-13(14)17-10/h3-7H,2,8,15H2,1H3. The predicted octanol–water partition coefficient (Wildman–Crippen LogP) is 4.23. The van der Waals surface area contributed by atoms with E-state index in [4.69, 9.17) is 10.5 Å². The number of thiophene rings is 1. The number of nitrogens with two attached hydrogens (primary N) is 1. The van der Waals surface area contributed by atoms with Gasteiger partial charge in [0.15, 0.2) is 0 Å². The Labute approximate surface area is 114 Å². The summed E-state index contributed by atoms with van der Waals surface area (Å²) in [6.45, 7) is 2.67. The third-order valence-electron chi connectivity index (χ3n) is 2.48. The van der Waals surface area contributed by atoms with E-state index in [1.165, 1.54) is 10.4 Å². The zero-order valence-electron chi connectivity index (χ0n) is 9.57. The van der Waals surface area contributed by atoms with Crippen molar-refractivity contribution in [2.45, 2.75) is 20.0 Å². The van der Waals surface area contributed by atoms with Crippen molar-refractivity contribution >= 4 is 33.0 Å². The van der Waals surface area contributed by atoms with Gasteiger partial charge in [-0.15, -0.1) is 11.3 Å². The van der Waals surface area contributed by atoms with Gasteiger partial charge in [-0.2, -0.15) is 0 Å². The number of aryl methyl sites for hydroxylation is 1. The van der Waals surface area contributed by atoms with Crippen LogP contribution < -0.4 is 10.5 Å². The van der Waals surface area contributed by atoms with E-state index >= 15 is 0 Å². The molecule has 0 fully saturated rings. The van der Waals surface area contributed by atoms with Crippen LogP contribution in [0.15, 0.2) is 34.1 Å². The summed E-state index contributed by atoms with van der Waals surface area (Å²) < 4.78 is 6.82. The maximum atomic E-state index is 5.94. The second kappa shape index (κ2) is 5.56. The third kappa shape index (κ3) is 3.23. The van der Waals surface area contributed by atoms with Crippen molar-refractivity contribution < 1.29 is 4.74 Å². The molecule has 2 nitrogen and oxygen atoms in total. The molecule has 0 bridgehead atoms. The van der Waals surface area contributed by atoms with Crippen LogP contribution in [0, 0.1) is 0 Å². The van der Waals surface area contributed by atoms with Crippen LogP contribution in [-0.2, 0) is 13.0 Å². The SMILES string of the molecule is CCc1ccc(OCc2ccc(Br)s2)c(N)c1. The lowest BCUT2D eigenvalue weighted by atomic mass is 10.1. The molecule has 0 spiro atoms. The number of ether oxygens (including phenoxy) is 1. The van der Waals surface area contributed by atoms with Gasteiger partial charge >= 0.3 is 0 Å². The summed E-state index contributed by atoms with van der Waals surface area (Å²) in [6, 6.07) is 10.0. The number of benzene rings is 1. The highest BCUT2D eigenvalue weighted by Crippen LogP contribution is 2.26. The van der Waals surface area contributed by atoms with Gasteiger partial charge in [0.1, 0.15) is 12.4 Å². The molecule has 0 saturated carbocycles. The van der Waals surface area contributed by atoms with Crippen LogP contribution in [0.3, 0.4) is 0 Å². The lowest BCUT2D eigenvalue weighted by Gasteiger charge is -2.08. The molecule has 1 aromatic heterocycles. The number of hydrogen-bond donors (Lipinski definition) is 1. The smallest absolute Gasteiger partial charge is 0.142 e. The van der Waals surface area contributed by atoms with Crippen molar-refractivity contribution in [3.63, 3.8) is 0 Å². The maximum Gasteiger partial charge on any atom is 0.142 e. The predicted molar refractivity (Wildman–Crippen MR) is 76.6 cm³/mol. The molecule has 2 N–H and O–H groups in total. The van der Waals surface area contributed by atoms with Crippen molar-refractivity contribution in [1.29, 1.82) is 0 Å². The Hall–Kier alpha value is -1.000. The molecule has 2 aromatic rings. The zero-order valence-corrected chi connectivity index (χ0v) is 12.0. The molecule has 2 rings (SSSR count). The fraction of sp³-hybridized carbons (Fsp3) is 0.231. The second-order valence-corrected chi connectivity index (χ2v) is 6.27. The zero-order chi connectivity index (χ0) is 12.3. The highest BCUT2D eigenvalue weighted by atomic mass is 79.9. The average Bonchev–Trinajstić information content (AvgIpc) is 2.73. The first-order valence-electron chi connectivity index (χ1n) is 5.44. The first kappa shape index (κ1) is 12.5. The van der Waals surface area contributed by atoms with Gasteiger partial charge in [0.2, 0.25) is 0 Å². The van der Waals surface area contributed by atoms with Gasteiger partial charge < -0.3 is 10.5 Å². The number of nitrogen functional groups attached to an aromatic ring is 1. The number of halogens is 1. The summed E-state index contributed by atoms with van der Waals surface area (Å²) in [7, 11) is 0. The van der Waals surface area contributed by atoms with Gasteiger partial charge in [-0.3, -0.25) is 0 Å². The van der Waals surface area contributed by atoms with Crippen molar-refractivity contribution in [2.75, 3.05) is 5.73 Å². The Bertz CT molecular complexity index is 510. The third-order valence-corrected chi connectivity index (χ3v) is 4.08. The van der Waals surface area contributed by atoms with Crippen molar-refractivity contribution in [3.8, 4) is 5.75 Å². The summed E-state index contributed by atoms with van der Waals surface area (Å²) in [5, 5.41) is 0. The van der Waals surface area contributed by atoms with Gasteiger partial charge in [-0.25, -0.2) is 0 Å². The first-order valence-corrected chi connectivity index (χ1v) is 7.05. The molecule has 1 heterocycles. The topological polar surface area (TPSA) is 35.2 Å². The Morgan fingerprint density at radius 2 is 2.12 bits per heavy atom. The Balaban J connectivity index is 2.04. The van der Waals surface area contributed by atoms with Crippen LogP contribution in [0.2, 0.25) is 0 Å². The number of anilines is 1. The Morgan fingerprint density at radius 3 is 2.71 bits per heavy atom. The van der Waals surface area contributed by atoms with Crippen LogP contribution in [0.4, 0.5) is 5.69 Å². The monoisotopic (exact) mass is 311 g/mol. The Kier molecular flexibility index (Phi) is 4.07. The van der Waals surface area contributed by atoms with E-state index < -0.39 is 0 Å². The average molecular weight is 312 g/mol. The van der Waals surface area contributed by atoms with Crippen LogP contribution in [0.5, 0.6) is 5.75 Å². The fourth-order valence-corrected chi connectivity index (χ4v) is 2.92. The normalized spacial score (nSPS) is 10.5. The van der Waals surface area contributed by atoms with E-state index in [9.17, 15) is 0 Å². The fourth-order valence-electron chi connectivity index (χ4n) is 1.53. The maximum absolute atomic E-state index is 5.94. The highest BCUT2D eigenvalue weighted by molar-refractivity contribution is 9.11. The van der Waals surface area contributed by atoms with Gasteiger partial charge in [-0.1, -0.05) is 13.0 Å². The summed E-state index contributed by atoms with van der Waals surface area (Å²) in [5.41, 5.74) is 7.87. The van der Waals surface area contributed by atoms with Crippen molar-refractivity contribution in [3.05, 3.63) is 44.6 Å². The molecule has 17 heavy (non-hydrogen) atoms. The molecule has 0 amide bonds. The van der Waals surface area contributed by atoms with Crippen molar-refractivity contribution in [1.82, 2.24) is 0 Å². The first-order chi connectivity index (χ1) is 8.19. The molecule has 0 saturated heterocycles. The lowest BCUT2D eigenvalue weighted by Crippen LogP contribution is -1.98. The highest BCUT2D eigenvalue weighted by Gasteiger charge is 2.03. The molecule has 0 radical (unpaired) electrons. The van der Waals surface area contributed by atoms with Crippen LogP contribution >= 0.6 is 27.3 Å². The quantitative estimate of drug-likeness (QED) is 0.857. The summed E-state index contributed by atoms with van der Waals surface area (Å²) >= 11 is 5.10. The summed E-state index contributed by atoms with van der Waals surface area (Å²) in [5.74, 6) is 0.756. The van der Waals surface area contributed by atoms with Gasteiger partial charge in [0.05, 0.1) is 9.47 Å². The van der Waals surface area contributed by atoms with Gasteiger partial charge in [-0.05, 0) is 52.2 Å². The van der Waals surface area contributed by atoms with Gasteiger partial charge in [0, 0.05) is 4.88 Å². The minimum Gasteiger partial charge on any atom is -0.486 e. The second-order valence-electron chi connectivity index (χ2n) is 3.72. The van der Waals surface area contributed by atoms with Crippen molar-refractivity contribution in [2.24, 2.45) is 0 Å². The summed E-state index contributed by atoms with van der Waals surface area (Å²) in [6.07, 6.45) is 0.988. The molecule has 0 aliphatic carbocycles. The largest absolute Gasteiger partial charge is 0.486 e. The van der Waals surface area contributed by atoms with E-state index in [0.717, 1.165) is 16.0 Å². The van der Waals surface area contributed by atoms with E-state index in [-0.39, 0.29) is 0 Å². The molecule has 90 valence electrons. The van der Waals surface area contributed by atoms with Crippen LogP contribution in [0.1, 0.15) is 17.4 Å². The molecule has 0 aliphatic rings.